The van der Waals surface area contributed by atoms with Crippen molar-refractivity contribution in [3.63, 3.8) is 0 Å². The minimum Gasteiger partial charge on any atom is -0.497 e. The van der Waals surface area contributed by atoms with Gasteiger partial charge in [0, 0.05) is 14.7 Å². The lowest BCUT2D eigenvalue weighted by atomic mass is 10.00. The fraction of sp³-hybridized carbons (Fsp3) is 0.200. The number of rotatable bonds is 4. The van der Waals surface area contributed by atoms with Crippen molar-refractivity contribution >= 4 is 34.2 Å². The quantitative estimate of drug-likeness (QED) is 0.573. The van der Waals surface area contributed by atoms with Gasteiger partial charge in [-0.2, -0.15) is 0 Å². The van der Waals surface area contributed by atoms with Gasteiger partial charge in [-0.3, -0.25) is 14.4 Å². The van der Waals surface area contributed by atoms with Crippen molar-refractivity contribution in [3.8, 4) is 11.4 Å². The number of benzene rings is 2. The number of methoxy groups -OCH3 is 1. The number of ether oxygens (including phenoxy) is 1. The number of hydrogen-bond acceptors (Lipinski definition) is 5. The van der Waals surface area contributed by atoms with Crippen LogP contribution in [0.1, 0.15) is 35.2 Å². The standard InChI is InChI=1S/C20H18IN5O2/c1-11-24-25-20-16(10-18(22)27)23-19(12-3-5-13(21)6-4-12)15-9-14(28-2)7-8-17(15)26(11)20/h3-9,16H,10H2,1-2H3,(H2,22,27)/t16-/m0/s1. The van der Waals surface area contributed by atoms with Gasteiger partial charge >= 0.3 is 0 Å². The summed E-state index contributed by atoms with van der Waals surface area (Å²) in [5.74, 6) is 1.60. The van der Waals surface area contributed by atoms with Gasteiger partial charge in [0.1, 0.15) is 17.6 Å². The summed E-state index contributed by atoms with van der Waals surface area (Å²) in [7, 11) is 1.63. The smallest absolute Gasteiger partial charge is 0.220 e. The largest absolute Gasteiger partial charge is 0.497 e. The van der Waals surface area contributed by atoms with Gasteiger partial charge in [-0.15, -0.1) is 10.2 Å². The Balaban J connectivity index is 2.02. The fourth-order valence-electron chi connectivity index (χ4n) is 3.37. The lowest BCUT2D eigenvalue weighted by Gasteiger charge is -2.14. The molecule has 142 valence electrons. The zero-order valence-corrected chi connectivity index (χ0v) is 17.5. The fourth-order valence-corrected chi connectivity index (χ4v) is 3.73. The molecule has 0 fully saturated rings. The molecule has 1 amide bonds. The third kappa shape index (κ3) is 3.28. The van der Waals surface area contributed by atoms with Crippen LogP contribution in [0.25, 0.3) is 5.69 Å². The van der Waals surface area contributed by atoms with Gasteiger partial charge in [-0.1, -0.05) is 12.1 Å². The maximum absolute atomic E-state index is 11.7. The Kier molecular flexibility index (Phi) is 4.88. The SMILES string of the molecule is COc1ccc2c(c1)C(c1ccc(I)cc1)=N[C@@H](CC(N)=O)c1nnc(C)n1-2. The molecule has 1 aromatic heterocycles. The van der Waals surface area contributed by atoms with E-state index in [4.69, 9.17) is 15.5 Å². The maximum atomic E-state index is 11.7. The zero-order valence-electron chi connectivity index (χ0n) is 15.4. The first-order valence-electron chi connectivity index (χ1n) is 8.70. The van der Waals surface area contributed by atoms with E-state index in [-0.39, 0.29) is 6.42 Å². The van der Waals surface area contributed by atoms with E-state index in [2.05, 4.69) is 32.8 Å². The van der Waals surface area contributed by atoms with Gasteiger partial charge in [-0.05, 0) is 59.8 Å². The summed E-state index contributed by atoms with van der Waals surface area (Å²) in [5.41, 5.74) is 8.99. The number of aliphatic imine (C=N–C) groups is 1. The van der Waals surface area contributed by atoms with Crippen LogP contribution in [-0.2, 0) is 4.79 Å². The Hall–Kier alpha value is -2.75. The normalized spacial score (nSPS) is 15.2. The van der Waals surface area contributed by atoms with Crippen molar-refractivity contribution in [3.05, 3.63) is 68.8 Å². The van der Waals surface area contributed by atoms with Crippen molar-refractivity contribution in [2.24, 2.45) is 10.7 Å². The number of primary amides is 1. The maximum Gasteiger partial charge on any atom is 0.220 e. The molecule has 1 aliphatic rings. The predicted molar refractivity (Wildman–Crippen MR) is 114 cm³/mol. The number of aromatic nitrogens is 3. The van der Waals surface area contributed by atoms with E-state index in [1.165, 1.54) is 0 Å². The minimum atomic E-state index is -0.522. The molecule has 2 aromatic carbocycles. The molecule has 28 heavy (non-hydrogen) atoms. The van der Waals surface area contributed by atoms with Crippen molar-refractivity contribution in [1.29, 1.82) is 0 Å². The first-order chi connectivity index (χ1) is 13.5. The van der Waals surface area contributed by atoms with Crippen LogP contribution in [0.3, 0.4) is 0 Å². The van der Waals surface area contributed by atoms with E-state index in [9.17, 15) is 4.79 Å². The van der Waals surface area contributed by atoms with Crippen LogP contribution < -0.4 is 10.5 Å². The van der Waals surface area contributed by atoms with Crippen LogP contribution in [0, 0.1) is 10.5 Å². The zero-order chi connectivity index (χ0) is 19.8. The molecule has 8 heteroatoms. The van der Waals surface area contributed by atoms with Gasteiger partial charge in [0.25, 0.3) is 0 Å². The van der Waals surface area contributed by atoms with E-state index >= 15 is 0 Å². The Morgan fingerprint density at radius 2 is 1.96 bits per heavy atom. The molecule has 3 aromatic rings. The number of carbonyl (C=O) groups is 1. The lowest BCUT2D eigenvalue weighted by molar-refractivity contribution is -0.118. The van der Waals surface area contributed by atoms with Crippen LogP contribution in [0.4, 0.5) is 0 Å². The lowest BCUT2D eigenvalue weighted by Crippen LogP contribution is -2.17. The highest BCUT2D eigenvalue weighted by Gasteiger charge is 2.29. The van der Waals surface area contributed by atoms with Gasteiger partial charge in [0.2, 0.25) is 5.91 Å². The average molecular weight is 487 g/mol. The van der Waals surface area contributed by atoms with Gasteiger partial charge in [-0.25, -0.2) is 0 Å². The second-order valence-corrected chi connectivity index (χ2v) is 7.74. The summed E-state index contributed by atoms with van der Waals surface area (Å²) in [5, 5.41) is 8.51. The third-order valence-electron chi connectivity index (χ3n) is 4.64. The van der Waals surface area contributed by atoms with Crippen LogP contribution in [0.15, 0.2) is 47.5 Å². The van der Waals surface area contributed by atoms with Gasteiger partial charge < -0.3 is 10.5 Å². The minimum absolute atomic E-state index is 0.0527. The molecule has 1 aliphatic heterocycles. The molecule has 0 aliphatic carbocycles. The van der Waals surface area contributed by atoms with Gasteiger partial charge in [0.05, 0.1) is 24.9 Å². The Bertz CT molecular complexity index is 1090. The molecule has 0 unspecified atom stereocenters. The molecular formula is C20H18IN5O2. The molecule has 2 N–H and O–H groups in total. The van der Waals surface area contributed by atoms with E-state index in [1.54, 1.807) is 7.11 Å². The summed E-state index contributed by atoms with van der Waals surface area (Å²) in [6, 6.07) is 13.4. The van der Waals surface area contributed by atoms with Crippen molar-refractivity contribution in [2.75, 3.05) is 7.11 Å². The molecule has 2 heterocycles. The number of hydrogen-bond donors (Lipinski definition) is 1. The molecular weight excluding hydrogens is 469 g/mol. The first-order valence-corrected chi connectivity index (χ1v) is 9.78. The van der Waals surface area contributed by atoms with Crippen LogP contribution >= 0.6 is 22.6 Å². The van der Waals surface area contributed by atoms with Crippen molar-refractivity contribution in [1.82, 2.24) is 14.8 Å². The Morgan fingerprint density at radius 1 is 1.21 bits per heavy atom. The molecule has 4 rings (SSSR count). The second-order valence-electron chi connectivity index (χ2n) is 6.49. The number of aryl methyl sites for hydroxylation is 1. The Morgan fingerprint density at radius 3 is 2.64 bits per heavy atom. The van der Waals surface area contributed by atoms with E-state index in [1.807, 2.05) is 54.0 Å². The summed E-state index contributed by atoms with van der Waals surface area (Å²) in [6.07, 6.45) is 0.0527. The summed E-state index contributed by atoms with van der Waals surface area (Å²) in [6.45, 7) is 1.88. The number of nitrogens with two attached hydrogens (primary N) is 1. The highest BCUT2D eigenvalue weighted by Crippen LogP contribution is 2.34. The predicted octanol–water partition coefficient (Wildman–Crippen LogP) is 2.96. The molecule has 0 saturated carbocycles. The van der Waals surface area contributed by atoms with Gasteiger partial charge in [0.15, 0.2) is 5.82 Å². The van der Waals surface area contributed by atoms with Crippen LogP contribution in [0.2, 0.25) is 0 Å². The third-order valence-corrected chi connectivity index (χ3v) is 5.36. The highest BCUT2D eigenvalue weighted by atomic mass is 127. The number of amides is 1. The number of halogens is 1. The van der Waals surface area contributed by atoms with E-state index in [0.29, 0.717) is 5.82 Å². The summed E-state index contributed by atoms with van der Waals surface area (Å²) >= 11 is 2.27. The number of nitrogens with zero attached hydrogens (tertiary/aromatic N) is 4. The van der Waals surface area contributed by atoms with Crippen molar-refractivity contribution < 1.29 is 9.53 Å². The molecule has 7 nitrogen and oxygen atoms in total. The molecule has 0 radical (unpaired) electrons. The number of fused-ring (bicyclic) bond motifs is 3. The molecule has 0 bridgehead atoms. The summed E-state index contributed by atoms with van der Waals surface area (Å²) < 4.78 is 8.51. The average Bonchev–Trinajstić information content (AvgIpc) is 3.00. The van der Waals surface area contributed by atoms with E-state index in [0.717, 1.165) is 37.7 Å². The second kappa shape index (κ2) is 7.34. The molecule has 0 saturated heterocycles. The van der Waals surface area contributed by atoms with Crippen LogP contribution in [-0.4, -0.2) is 33.5 Å². The van der Waals surface area contributed by atoms with Crippen molar-refractivity contribution in [2.45, 2.75) is 19.4 Å². The monoisotopic (exact) mass is 487 g/mol. The first kappa shape index (κ1) is 18.6. The van der Waals surface area contributed by atoms with Crippen LogP contribution in [0.5, 0.6) is 5.75 Å². The molecule has 1 atom stereocenters. The van der Waals surface area contributed by atoms with E-state index < -0.39 is 11.9 Å². The highest BCUT2D eigenvalue weighted by molar-refractivity contribution is 14.1. The Labute approximate surface area is 175 Å². The topological polar surface area (TPSA) is 95.4 Å². The molecule has 0 spiro atoms. The summed E-state index contributed by atoms with van der Waals surface area (Å²) in [4.78, 5) is 16.7. The number of carbonyl (C=O) groups excluding carboxylic acids is 1.